The molecule has 0 aliphatic carbocycles. The van der Waals surface area contributed by atoms with Gasteiger partial charge in [0.25, 0.3) is 5.91 Å². The molecular formula is C14H20ClN3O2. The zero-order chi connectivity index (χ0) is 14.5. The topological polar surface area (TPSA) is 67.6 Å². The van der Waals surface area contributed by atoms with E-state index in [4.69, 9.17) is 22.1 Å². The van der Waals surface area contributed by atoms with E-state index in [1.165, 1.54) is 0 Å². The number of carbonyl (C=O) groups is 1. The highest BCUT2D eigenvalue weighted by atomic mass is 35.5. The van der Waals surface area contributed by atoms with Crippen LogP contribution in [0.25, 0.3) is 0 Å². The summed E-state index contributed by atoms with van der Waals surface area (Å²) in [6.45, 7) is 6.13. The van der Waals surface area contributed by atoms with Gasteiger partial charge in [-0.25, -0.2) is 0 Å². The number of hydrogen-bond donors (Lipinski definition) is 2. The number of halogens is 1. The van der Waals surface area contributed by atoms with Crippen LogP contribution in [0.1, 0.15) is 17.3 Å². The summed E-state index contributed by atoms with van der Waals surface area (Å²) in [6.07, 6.45) is 0.0392. The molecule has 20 heavy (non-hydrogen) atoms. The lowest BCUT2D eigenvalue weighted by atomic mass is 10.2. The Hall–Kier alpha value is -1.30. The van der Waals surface area contributed by atoms with Crippen molar-refractivity contribution >= 4 is 23.2 Å². The second kappa shape index (κ2) is 6.92. The molecule has 1 fully saturated rings. The highest BCUT2D eigenvalue weighted by molar-refractivity contribution is 6.33. The molecule has 1 atom stereocenters. The minimum atomic E-state index is -0.161. The molecule has 2 rings (SSSR count). The zero-order valence-corrected chi connectivity index (χ0v) is 12.3. The summed E-state index contributed by atoms with van der Waals surface area (Å²) in [5.74, 6) is -0.161. The molecule has 1 aliphatic rings. The van der Waals surface area contributed by atoms with E-state index in [1.807, 2.05) is 0 Å². The Bertz CT molecular complexity index is 481. The molecular weight excluding hydrogens is 278 g/mol. The highest BCUT2D eigenvalue weighted by Crippen LogP contribution is 2.19. The molecule has 0 saturated carbocycles. The van der Waals surface area contributed by atoms with Gasteiger partial charge in [0.2, 0.25) is 0 Å². The predicted octanol–water partition coefficient (Wildman–Crippen LogP) is 1.37. The maximum atomic E-state index is 12.0. The number of benzene rings is 1. The van der Waals surface area contributed by atoms with Crippen molar-refractivity contribution < 1.29 is 9.53 Å². The summed E-state index contributed by atoms with van der Waals surface area (Å²) in [5, 5.41) is 3.33. The van der Waals surface area contributed by atoms with Gasteiger partial charge >= 0.3 is 0 Å². The van der Waals surface area contributed by atoms with Crippen LogP contribution in [0.15, 0.2) is 18.2 Å². The van der Waals surface area contributed by atoms with Gasteiger partial charge in [0.15, 0.2) is 0 Å². The number of nitrogens with zero attached hydrogens (tertiary/aromatic N) is 1. The maximum absolute atomic E-state index is 12.0. The molecule has 0 spiro atoms. The van der Waals surface area contributed by atoms with Crippen LogP contribution in [0.3, 0.4) is 0 Å². The molecule has 1 amide bonds. The molecule has 110 valence electrons. The SMILES string of the molecule is CCN1CCOC(CNC(=O)c2ccc(Cl)c(N)c2)C1. The molecule has 0 aromatic heterocycles. The van der Waals surface area contributed by atoms with Crippen LogP contribution in [0.5, 0.6) is 0 Å². The Morgan fingerprint density at radius 2 is 2.40 bits per heavy atom. The third kappa shape index (κ3) is 3.85. The number of morpholine rings is 1. The van der Waals surface area contributed by atoms with Gasteiger partial charge in [-0.1, -0.05) is 18.5 Å². The van der Waals surface area contributed by atoms with E-state index in [0.29, 0.717) is 29.4 Å². The van der Waals surface area contributed by atoms with Crippen molar-refractivity contribution in [3.8, 4) is 0 Å². The van der Waals surface area contributed by atoms with Crippen LogP contribution >= 0.6 is 11.6 Å². The predicted molar refractivity (Wildman–Crippen MR) is 80.1 cm³/mol. The van der Waals surface area contributed by atoms with Crippen LogP contribution in [0, 0.1) is 0 Å². The van der Waals surface area contributed by atoms with Gasteiger partial charge in [-0.3, -0.25) is 9.69 Å². The van der Waals surface area contributed by atoms with Gasteiger partial charge in [0.1, 0.15) is 0 Å². The van der Waals surface area contributed by atoms with Crippen molar-refractivity contribution in [1.82, 2.24) is 10.2 Å². The number of rotatable bonds is 4. The Labute approximate surface area is 124 Å². The van der Waals surface area contributed by atoms with Crippen molar-refractivity contribution in [2.45, 2.75) is 13.0 Å². The van der Waals surface area contributed by atoms with E-state index in [0.717, 1.165) is 19.6 Å². The monoisotopic (exact) mass is 297 g/mol. The van der Waals surface area contributed by atoms with E-state index in [9.17, 15) is 4.79 Å². The molecule has 1 unspecified atom stereocenters. The summed E-state index contributed by atoms with van der Waals surface area (Å²) in [6, 6.07) is 4.87. The normalized spacial score (nSPS) is 19.8. The molecule has 0 bridgehead atoms. The fourth-order valence-corrected chi connectivity index (χ4v) is 2.30. The van der Waals surface area contributed by atoms with Crippen LogP contribution < -0.4 is 11.1 Å². The number of amides is 1. The molecule has 1 heterocycles. The molecule has 5 nitrogen and oxygen atoms in total. The Balaban J connectivity index is 1.87. The second-order valence-corrected chi connectivity index (χ2v) is 5.24. The number of likely N-dealkylation sites (N-methyl/N-ethyl adjacent to an activating group) is 1. The van der Waals surface area contributed by atoms with Gasteiger partial charge in [0, 0.05) is 25.2 Å². The maximum Gasteiger partial charge on any atom is 0.251 e. The van der Waals surface area contributed by atoms with Crippen molar-refractivity contribution in [3.05, 3.63) is 28.8 Å². The number of nitrogens with one attached hydrogen (secondary N) is 1. The fourth-order valence-electron chi connectivity index (χ4n) is 2.18. The van der Waals surface area contributed by atoms with Crippen LogP contribution in [0.4, 0.5) is 5.69 Å². The number of carbonyl (C=O) groups excluding carboxylic acids is 1. The van der Waals surface area contributed by atoms with Crippen LogP contribution in [-0.4, -0.2) is 49.7 Å². The number of hydrogen-bond acceptors (Lipinski definition) is 4. The van der Waals surface area contributed by atoms with E-state index in [-0.39, 0.29) is 12.0 Å². The van der Waals surface area contributed by atoms with Crippen molar-refractivity contribution in [2.24, 2.45) is 0 Å². The Morgan fingerprint density at radius 3 is 3.10 bits per heavy atom. The van der Waals surface area contributed by atoms with Crippen LogP contribution in [0.2, 0.25) is 5.02 Å². The third-order valence-corrected chi connectivity index (χ3v) is 3.76. The van der Waals surface area contributed by atoms with Gasteiger partial charge in [-0.05, 0) is 24.7 Å². The first-order chi connectivity index (χ1) is 9.60. The van der Waals surface area contributed by atoms with Gasteiger partial charge in [-0.2, -0.15) is 0 Å². The van der Waals surface area contributed by atoms with Crippen molar-refractivity contribution in [2.75, 3.05) is 38.5 Å². The number of anilines is 1. The lowest BCUT2D eigenvalue weighted by Crippen LogP contribution is -2.47. The van der Waals surface area contributed by atoms with E-state index in [2.05, 4.69) is 17.1 Å². The number of nitrogens with two attached hydrogens (primary N) is 1. The summed E-state index contributed by atoms with van der Waals surface area (Å²) in [5.41, 5.74) is 6.61. The third-order valence-electron chi connectivity index (χ3n) is 3.42. The molecule has 3 N–H and O–H groups in total. The quantitative estimate of drug-likeness (QED) is 0.824. The van der Waals surface area contributed by atoms with Crippen molar-refractivity contribution in [3.63, 3.8) is 0 Å². The molecule has 0 radical (unpaired) electrons. The zero-order valence-electron chi connectivity index (χ0n) is 11.6. The lowest BCUT2D eigenvalue weighted by molar-refractivity contribution is -0.0246. The molecule has 1 aliphatic heterocycles. The molecule has 1 saturated heterocycles. The summed E-state index contributed by atoms with van der Waals surface area (Å²) >= 11 is 5.83. The summed E-state index contributed by atoms with van der Waals surface area (Å²) < 4.78 is 5.64. The first-order valence-electron chi connectivity index (χ1n) is 6.77. The lowest BCUT2D eigenvalue weighted by Gasteiger charge is -2.32. The highest BCUT2D eigenvalue weighted by Gasteiger charge is 2.20. The van der Waals surface area contributed by atoms with Crippen LogP contribution in [-0.2, 0) is 4.74 Å². The minimum Gasteiger partial charge on any atom is -0.398 e. The fraction of sp³-hybridized carbons (Fsp3) is 0.500. The average Bonchev–Trinajstić information content (AvgIpc) is 2.47. The Morgan fingerprint density at radius 1 is 1.60 bits per heavy atom. The summed E-state index contributed by atoms with van der Waals surface area (Å²) in [7, 11) is 0. The van der Waals surface area contributed by atoms with Gasteiger partial charge < -0.3 is 15.8 Å². The largest absolute Gasteiger partial charge is 0.398 e. The van der Waals surface area contributed by atoms with Crippen molar-refractivity contribution in [1.29, 1.82) is 0 Å². The average molecular weight is 298 g/mol. The Kier molecular flexibility index (Phi) is 5.23. The van der Waals surface area contributed by atoms with Gasteiger partial charge in [-0.15, -0.1) is 0 Å². The second-order valence-electron chi connectivity index (χ2n) is 4.83. The van der Waals surface area contributed by atoms with E-state index < -0.39 is 0 Å². The molecule has 1 aromatic carbocycles. The smallest absolute Gasteiger partial charge is 0.251 e. The standard InChI is InChI=1S/C14H20ClN3O2/c1-2-18-5-6-20-11(9-18)8-17-14(19)10-3-4-12(15)13(16)7-10/h3-4,7,11H,2,5-6,8-9,16H2,1H3,(H,17,19). The number of ether oxygens (including phenoxy) is 1. The summed E-state index contributed by atoms with van der Waals surface area (Å²) in [4.78, 5) is 14.3. The molecule has 1 aromatic rings. The van der Waals surface area contributed by atoms with E-state index >= 15 is 0 Å². The first-order valence-corrected chi connectivity index (χ1v) is 7.15. The number of nitrogen functional groups attached to an aromatic ring is 1. The first kappa shape index (κ1) is 15.1. The minimum absolute atomic E-state index is 0.0392. The van der Waals surface area contributed by atoms with E-state index in [1.54, 1.807) is 18.2 Å². The van der Waals surface area contributed by atoms with Gasteiger partial charge in [0.05, 0.1) is 23.4 Å². The molecule has 6 heteroatoms.